The smallest absolute Gasteiger partial charge is 0.243 e. The number of carbonyl (C=O) groups is 1. The molecule has 0 aliphatic carbocycles. The molecule has 7 heteroatoms. The maximum atomic E-state index is 12.6. The van der Waals surface area contributed by atoms with Crippen LogP contribution in [0.5, 0.6) is 0 Å². The van der Waals surface area contributed by atoms with Crippen LogP contribution in [0.15, 0.2) is 29.2 Å². The lowest BCUT2D eigenvalue weighted by Crippen LogP contribution is -2.43. The summed E-state index contributed by atoms with van der Waals surface area (Å²) in [5, 5.41) is 2.89. The van der Waals surface area contributed by atoms with Crippen molar-refractivity contribution in [1.82, 2.24) is 9.62 Å². The molecule has 2 rings (SSSR count). The van der Waals surface area contributed by atoms with E-state index in [0.29, 0.717) is 37.4 Å². The van der Waals surface area contributed by atoms with Crippen molar-refractivity contribution < 1.29 is 13.2 Å². The van der Waals surface area contributed by atoms with Crippen molar-refractivity contribution in [3.05, 3.63) is 29.8 Å². The summed E-state index contributed by atoms with van der Waals surface area (Å²) in [7, 11) is -3.47. The van der Waals surface area contributed by atoms with Crippen molar-refractivity contribution in [2.24, 2.45) is 11.7 Å². The lowest BCUT2D eigenvalue weighted by Gasteiger charge is -2.30. The van der Waals surface area contributed by atoms with Crippen molar-refractivity contribution in [2.75, 3.05) is 19.6 Å². The van der Waals surface area contributed by atoms with Gasteiger partial charge in [-0.3, -0.25) is 4.79 Å². The van der Waals surface area contributed by atoms with E-state index in [9.17, 15) is 13.2 Å². The van der Waals surface area contributed by atoms with E-state index in [1.165, 1.54) is 4.31 Å². The van der Waals surface area contributed by atoms with Crippen LogP contribution in [0.2, 0.25) is 0 Å². The van der Waals surface area contributed by atoms with Gasteiger partial charge in [0.2, 0.25) is 15.9 Å². The fourth-order valence-corrected chi connectivity index (χ4v) is 4.25. The second kappa shape index (κ2) is 8.09. The molecule has 0 saturated carbocycles. The number of piperidine rings is 1. The Labute approximate surface area is 144 Å². The van der Waals surface area contributed by atoms with Crippen molar-refractivity contribution in [2.45, 2.75) is 44.0 Å². The van der Waals surface area contributed by atoms with E-state index in [0.717, 1.165) is 12.0 Å². The molecule has 1 atom stereocenters. The van der Waals surface area contributed by atoms with Crippen LogP contribution < -0.4 is 11.1 Å². The number of amides is 1. The quantitative estimate of drug-likeness (QED) is 0.805. The van der Waals surface area contributed by atoms with Crippen LogP contribution in [-0.2, 0) is 14.8 Å². The summed E-state index contributed by atoms with van der Waals surface area (Å²) < 4.78 is 26.7. The number of hydrogen-bond donors (Lipinski definition) is 2. The van der Waals surface area contributed by atoms with E-state index in [-0.39, 0.29) is 17.9 Å². The maximum absolute atomic E-state index is 12.6. The van der Waals surface area contributed by atoms with E-state index in [2.05, 4.69) is 5.32 Å². The minimum absolute atomic E-state index is 0.00281. The third kappa shape index (κ3) is 4.78. The van der Waals surface area contributed by atoms with Gasteiger partial charge < -0.3 is 11.1 Å². The first-order valence-corrected chi connectivity index (χ1v) is 9.85. The molecule has 1 aromatic rings. The van der Waals surface area contributed by atoms with Gasteiger partial charge in [0.25, 0.3) is 0 Å². The largest absolute Gasteiger partial charge is 0.356 e. The molecule has 1 unspecified atom stereocenters. The first-order valence-electron chi connectivity index (χ1n) is 8.41. The Morgan fingerprint density at radius 1 is 1.29 bits per heavy atom. The number of aryl methyl sites for hydroxylation is 1. The zero-order chi connectivity index (χ0) is 17.7. The van der Waals surface area contributed by atoms with Crippen molar-refractivity contribution in [3.63, 3.8) is 0 Å². The Hall–Kier alpha value is -1.44. The second-order valence-corrected chi connectivity index (χ2v) is 8.49. The topological polar surface area (TPSA) is 92.5 Å². The van der Waals surface area contributed by atoms with Gasteiger partial charge >= 0.3 is 0 Å². The summed E-state index contributed by atoms with van der Waals surface area (Å²) in [6, 6.07) is 6.93. The van der Waals surface area contributed by atoms with Crippen molar-refractivity contribution in [1.29, 1.82) is 0 Å². The van der Waals surface area contributed by atoms with E-state index in [1.54, 1.807) is 24.3 Å². The molecule has 1 heterocycles. The molecular formula is C17H27N3O3S. The molecule has 3 N–H and O–H groups in total. The van der Waals surface area contributed by atoms with Crippen LogP contribution in [0.4, 0.5) is 0 Å². The van der Waals surface area contributed by atoms with Gasteiger partial charge in [-0.15, -0.1) is 0 Å². The molecule has 0 radical (unpaired) electrons. The lowest BCUT2D eigenvalue weighted by molar-refractivity contribution is -0.126. The van der Waals surface area contributed by atoms with Gasteiger partial charge in [0.1, 0.15) is 0 Å². The summed E-state index contributed by atoms with van der Waals surface area (Å²) in [4.78, 5) is 12.4. The highest BCUT2D eigenvalue weighted by Crippen LogP contribution is 2.24. The summed E-state index contributed by atoms with van der Waals surface area (Å²) in [6.45, 7) is 5.15. The standard InChI is InChI=1S/C17H27N3O3S/c1-13-3-5-16(6-4-13)24(22,23)20-11-8-15(9-12-20)17(21)19-10-7-14(2)18/h3-6,14-15H,7-12,18H2,1-2H3,(H,19,21). The van der Waals surface area contributed by atoms with E-state index in [1.807, 2.05) is 13.8 Å². The zero-order valence-electron chi connectivity index (χ0n) is 14.4. The second-order valence-electron chi connectivity index (χ2n) is 6.55. The van der Waals surface area contributed by atoms with Gasteiger partial charge in [-0.25, -0.2) is 8.42 Å². The molecule has 0 bridgehead atoms. The van der Waals surface area contributed by atoms with Gasteiger partial charge in [-0.1, -0.05) is 17.7 Å². The molecule has 0 aromatic heterocycles. The lowest BCUT2D eigenvalue weighted by atomic mass is 9.97. The van der Waals surface area contributed by atoms with Crippen molar-refractivity contribution in [3.8, 4) is 0 Å². The van der Waals surface area contributed by atoms with E-state index < -0.39 is 10.0 Å². The van der Waals surface area contributed by atoms with Crippen LogP contribution in [0.1, 0.15) is 31.7 Å². The minimum Gasteiger partial charge on any atom is -0.356 e. The molecule has 134 valence electrons. The summed E-state index contributed by atoms with van der Waals surface area (Å²) >= 11 is 0. The van der Waals surface area contributed by atoms with Crippen LogP contribution >= 0.6 is 0 Å². The number of sulfonamides is 1. The minimum atomic E-state index is -3.47. The normalized spacial score (nSPS) is 18.3. The number of hydrogen-bond acceptors (Lipinski definition) is 4. The molecule has 24 heavy (non-hydrogen) atoms. The van der Waals surface area contributed by atoms with Gasteiger partial charge in [0.15, 0.2) is 0 Å². The average Bonchev–Trinajstić information content (AvgIpc) is 2.55. The summed E-state index contributed by atoms with van der Waals surface area (Å²) in [5.74, 6) is -0.120. The van der Waals surface area contributed by atoms with Gasteiger partial charge in [0, 0.05) is 31.6 Å². The fourth-order valence-electron chi connectivity index (χ4n) is 2.79. The van der Waals surface area contributed by atoms with E-state index >= 15 is 0 Å². The highest BCUT2D eigenvalue weighted by molar-refractivity contribution is 7.89. The molecule has 1 aliphatic rings. The molecular weight excluding hydrogens is 326 g/mol. The zero-order valence-corrected chi connectivity index (χ0v) is 15.2. The molecule has 1 aromatic carbocycles. The van der Waals surface area contributed by atoms with Crippen LogP contribution in [-0.4, -0.2) is 44.3 Å². The third-order valence-electron chi connectivity index (χ3n) is 4.38. The van der Waals surface area contributed by atoms with E-state index in [4.69, 9.17) is 5.73 Å². The summed E-state index contributed by atoms with van der Waals surface area (Å²) in [6.07, 6.45) is 1.84. The highest BCUT2D eigenvalue weighted by atomic mass is 32.2. The number of rotatable bonds is 6. The van der Waals surface area contributed by atoms with Crippen LogP contribution in [0, 0.1) is 12.8 Å². The SMILES string of the molecule is Cc1ccc(S(=O)(=O)N2CCC(C(=O)NCCC(C)N)CC2)cc1. The number of nitrogens with two attached hydrogens (primary N) is 1. The van der Waals surface area contributed by atoms with Crippen LogP contribution in [0.25, 0.3) is 0 Å². The summed E-state index contributed by atoms with van der Waals surface area (Å²) in [5.41, 5.74) is 6.69. The Bertz CT molecular complexity index is 648. The number of nitrogens with zero attached hydrogens (tertiary/aromatic N) is 1. The van der Waals surface area contributed by atoms with Gasteiger partial charge in [-0.2, -0.15) is 4.31 Å². The fraction of sp³-hybridized carbons (Fsp3) is 0.588. The first kappa shape index (κ1) is 18.9. The monoisotopic (exact) mass is 353 g/mol. The first-order chi connectivity index (χ1) is 11.3. The molecule has 1 saturated heterocycles. The Morgan fingerprint density at radius 3 is 2.42 bits per heavy atom. The number of benzene rings is 1. The predicted molar refractivity (Wildman–Crippen MR) is 93.9 cm³/mol. The van der Waals surface area contributed by atoms with Crippen molar-refractivity contribution >= 4 is 15.9 Å². The Balaban J connectivity index is 1.90. The maximum Gasteiger partial charge on any atom is 0.243 e. The van der Waals surface area contributed by atoms with Gasteiger partial charge in [0.05, 0.1) is 4.90 Å². The third-order valence-corrected chi connectivity index (χ3v) is 6.30. The average molecular weight is 353 g/mol. The predicted octanol–water partition coefficient (Wildman–Crippen LogP) is 1.25. The Morgan fingerprint density at radius 2 is 1.88 bits per heavy atom. The highest BCUT2D eigenvalue weighted by Gasteiger charge is 2.31. The molecule has 1 fully saturated rings. The Kier molecular flexibility index (Phi) is 6.37. The molecule has 1 aliphatic heterocycles. The van der Waals surface area contributed by atoms with Crippen LogP contribution in [0.3, 0.4) is 0 Å². The number of nitrogens with one attached hydrogen (secondary N) is 1. The molecule has 6 nitrogen and oxygen atoms in total. The number of carbonyl (C=O) groups excluding carboxylic acids is 1. The van der Waals surface area contributed by atoms with Gasteiger partial charge in [-0.05, 0) is 45.2 Å². The molecule has 1 amide bonds. The molecule has 0 spiro atoms.